The topological polar surface area (TPSA) is 27.6 Å². The Hall–Kier alpha value is -0.570. The summed E-state index contributed by atoms with van der Waals surface area (Å²) < 4.78 is 0. The molecule has 80 valence electrons. The predicted octanol–water partition coefficient (Wildman–Crippen LogP) is 1.25. The predicted molar refractivity (Wildman–Crippen MR) is 59.8 cm³/mol. The lowest BCUT2D eigenvalue weighted by Crippen LogP contribution is -2.38. The van der Waals surface area contributed by atoms with Gasteiger partial charge in [0.05, 0.1) is 5.84 Å². The second-order valence-corrected chi connectivity index (χ2v) is 4.44. The van der Waals surface area contributed by atoms with Crippen LogP contribution >= 0.6 is 0 Å². The summed E-state index contributed by atoms with van der Waals surface area (Å²) in [5, 5.41) is 3.50. The highest BCUT2D eigenvalue weighted by atomic mass is 15.2. The first-order valence-electron chi connectivity index (χ1n) is 5.84. The highest BCUT2D eigenvalue weighted by Gasteiger charge is 2.20. The third-order valence-electron chi connectivity index (χ3n) is 3.34. The molecule has 0 radical (unpaired) electrons. The molecule has 3 heteroatoms. The molecule has 0 aromatic heterocycles. The van der Waals surface area contributed by atoms with E-state index in [1.165, 1.54) is 38.1 Å². The average Bonchev–Trinajstić information content (AvgIpc) is 2.63. The van der Waals surface area contributed by atoms with Crippen LogP contribution in [0.3, 0.4) is 0 Å². The van der Waals surface area contributed by atoms with E-state index in [2.05, 4.69) is 22.3 Å². The molecule has 0 amide bonds. The summed E-state index contributed by atoms with van der Waals surface area (Å²) in [6.45, 7) is 3.39. The Kier molecular flexibility index (Phi) is 3.40. The van der Waals surface area contributed by atoms with Gasteiger partial charge in [0, 0.05) is 25.6 Å². The molecule has 2 rings (SSSR count). The normalized spacial score (nSPS) is 28.9. The fourth-order valence-corrected chi connectivity index (χ4v) is 2.31. The lowest BCUT2D eigenvalue weighted by atomic mass is 10.1. The molecule has 14 heavy (non-hydrogen) atoms. The zero-order valence-corrected chi connectivity index (χ0v) is 9.13. The van der Waals surface area contributed by atoms with Gasteiger partial charge in [-0.25, -0.2) is 0 Å². The van der Waals surface area contributed by atoms with Gasteiger partial charge in [-0.05, 0) is 39.3 Å². The largest absolute Gasteiger partial charge is 0.372 e. The van der Waals surface area contributed by atoms with Crippen molar-refractivity contribution < 1.29 is 0 Å². The van der Waals surface area contributed by atoms with E-state index in [9.17, 15) is 0 Å². The number of likely N-dealkylation sites (tertiary alicyclic amines) is 1. The quantitative estimate of drug-likeness (QED) is 0.718. The van der Waals surface area contributed by atoms with Crippen molar-refractivity contribution in [2.24, 2.45) is 4.99 Å². The number of rotatable bonds is 2. The molecule has 3 nitrogen and oxygen atoms in total. The molecule has 1 N–H and O–H groups in total. The fourth-order valence-electron chi connectivity index (χ4n) is 2.31. The molecule has 2 aliphatic rings. The Morgan fingerprint density at radius 3 is 3.00 bits per heavy atom. The second kappa shape index (κ2) is 4.78. The lowest BCUT2D eigenvalue weighted by Gasteiger charge is -2.22. The number of hydrogen-bond acceptors (Lipinski definition) is 3. The standard InChI is InChI=1S/C11H21N3/c1-14-8-4-5-10(14)9-13-11-6-2-3-7-12-11/h10H,2-9H2,1H3,(H,12,13). The van der Waals surface area contributed by atoms with Gasteiger partial charge >= 0.3 is 0 Å². The summed E-state index contributed by atoms with van der Waals surface area (Å²) in [7, 11) is 2.22. The van der Waals surface area contributed by atoms with Gasteiger partial charge in [-0.3, -0.25) is 4.99 Å². The van der Waals surface area contributed by atoms with Crippen molar-refractivity contribution in [2.75, 3.05) is 26.7 Å². The highest BCUT2D eigenvalue weighted by Crippen LogP contribution is 2.14. The van der Waals surface area contributed by atoms with Crippen LogP contribution in [0.1, 0.15) is 32.1 Å². The summed E-state index contributed by atoms with van der Waals surface area (Å²) in [5.74, 6) is 1.25. The molecule has 1 atom stereocenters. The van der Waals surface area contributed by atoms with Crippen molar-refractivity contribution in [3.8, 4) is 0 Å². The van der Waals surface area contributed by atoms with Crippen molar-refractivity contribution >= 4 is 5.84 Å². The Morgan fingerprint density at radius 2 is 2.36 bits per heavy atom. The van der Waals surface area contributed by atoms with Crippen LogP contribution in [-0.2, 0) is 0 Å². The van der Waals surface area contributed by atoms with Crippen molar-refractivity contribution in [1.29, 1.82) is 0 Å². The second-order valence-electron chi connectivity index (χ2n) is 4.44. The zero-order chi connectivity index (χ0) is 9.80. The first-order chi connectivity index (χ1) is 6.86. The highest BCUT2D eigenvalue weighted by molar-refractivity contribution is 5.82. The van der Waals surface area contributed by atoms with Gasteiger partial charge in [0.1, 0.15) is 0 Å². The van der Waals surface area contributed by atoms with E-state index < -0.39 is 0 Å². The van der Waals surface area contributed by atoms with Gasteiger partial charge < -0.3 is 10.2 Å². The first kappa shape index (κ1) is 9.97. The van der Waals surface area contributed by atoms with Gasteiger partial charge in [0.2, 0.25) is 0 Å². The maximum absolute atomic E-state index is 4.50. The SMILES string of the molecule is CN1CCCC1CNC1=NCCCC1. The van der Waals surface area contributed by atoms with Crippen LogP contribution in [0, 0.1) is 0 Å². The van der Waals surface area contributed by atoms with E-state index in [1.54, 1.807) is 0 Å². The van der Waals surface area contributed by atoms with E-state index in [4.69, 9.17) is 0 Å². The molecule has 0 aliphatic carbocycles. The van der Waals surface area contributed by atoms with Crippen LogP contribution < -0.4 is 5.32 Å². The number of likely N-dealkylation sites (N-methyl/N-ethyl adjacent to an activating group) is 1. The first-order valence-corrected chi connectivity index (χ1v) is 5.84. The lowest BCUT2D eigenvalue weighted by molar-refractivity contribution is 0.309. The van der Waals surface area contributed by atoms with Crippen LogP contribution in [-0.4, -0.2) is 43.5 Å². The van der Waals surface area contributed by atoms with E-state index in [0.717, 1.165) is 25.6 Å². The summed E-state index contributed by atoms with van der Waals surface area (Å²) in [6, 6.07) is 0.736. The van der Waals surface area contributed by atoms with Gasteiger partial charge in [-0.15, -0.1) is 0 Å². The van der Waals surface area contributed by atoms with Crippen LogP contribution in [0.2, 0.25) is 0 Å². The van der Waals surface area contributed by atoms with E-state index in [1.807, 2.05) is 0 Å². The van der Waals surface area contributed by atoms with Crippen molar-refractivity contribution in [3.63, 3.8) is 0 Å². The minimum atomic E-state index is 0.736. The maximum Gasteiger partial charge on any atom is 0.0963 e. The Bertz CT molecular complexity index is 213. The zero-order valence-electron chi connectivity index (χ0n) is 9.13. The fraction of sp³-hybridized carbons (Fsp3) is 0.909. The number of aliphatic imine (C=N–C) groups is 1. The minimum absolute atomic E-state index is 0.736. The van der Waals surface area contributed by atoms with E-state index >= 15 is 0 Å². The van der Waals surface area contributed by atoms with Crippen molar-refractivity contribution in [1.82, 2.24) is 10.2 Å². The summed E-state index contributed by atoms with van der Waals surface area (Å²) >= 11 is 0. The maximum atomic E-state index is 4.50. The molecule has 0 aromatic rings. The van der Waals surface area contributed by atoms with Crippen molar-refractivity contribution in [2.45, 2.75) is 38.1 Å². The Morgan fingerprint density at radius 1 is 1.43 bits per heavy atom. The summed E-state index contributed by atoms with van der Waals surface area (Å²) in [6.07, 6.45) is 6.45. The Balaban J connectivity index is 1.73. The number of amidine groups is 1. The van der Waals surface area contributed by atoms with Gasteiger partial charge in [-0.2, -0.15) is 0 Å². The number of nitrogens with zero attached hydrogens (tertiary/aromatic N) is 2. The van der Waals surface area contributed by atoms with E-state index in [0.29, 0.717) is 0 Å². The molecule has 1 saturated heterocycles. The molecule has 0 aromatic carbocycles. The monoisotopic (exact) mass is 195 g/mol. The molecule has 2 aliphatic heterocycles. The minimum Gasteiger partial charge on any atom is -0.372 e. The third kappa shape index (κ3) is 2.47. The summed E-state index contributed by atoms with van der Waals surface area (Å²) in [5.41, 5.74) is 0. The third-order valence-corrected chi connectivity index (χ3v) is 3.34. The van der Waals surface area contributed by atoms with Crippen LogP contribution in [0.4, 0.5) is 0 Å². The van der Waals surface area contributed by atoms with Crippen LogP contribution in [0.5, 0.6) is 0 Å². The summed E-state index contributed by atoms with van der Waals surface area (Å²) in [4.78, 5) is 6.96. The number of nitrogens with one attached hydrogen (secondary N) is 1. The molecule has 2 heterocycles. The molecule has 1 unspecified atom stereocenters. The average molecular weight is 195 g/mol. The number of hydrogen-bond donors (Lipinski definition) is 1. The smallest absolute Gasteiger partial charge is 0.0963 e. The molecule has 0 spiro atoms. The molecule has 1 fully saturated rings. The van der Waals surface area contributed by atoms with Gasteiger partial charge in [-0.1, -0.05) is 0 Å². The molecule has 0 bridgehead atoms. The van der Waals surface area contributed by atoms with Crippen LogP contribution in [0.25, 0.3) is 0 Å². The van der Waals surface area contributed by atoms with Gasteiger partial charge in [0.15, 0.2) is 0 Å². The van der Waals surface area contributed by atoms with Gasteiger partial charge in [0.25, 0.3) is 0 Å². The van der Waals surface area contributed by atoms with E-state index in [-0.39, 0.29) is 0 Å². The van der Waals surface area contributed by atoms with Crippen LogP contribution in [0.15, 0.2) is 4.99 Å². The molecule has 0 saturated carbocycles. The van der Waals surface area contributed by atoms with Crippen molar-refractivity contribution in [3.05, 3.63) is 0 Å². The molecular formula is C11H21N3. The Labute approximate surface area is 86.6 Å². The molecular weight excluding hydrogens is 174 g/mol.